The van der Waals surface area contributed by atoms with E-state index in [2.05, 4.69) is 10.3 Å². The third kappa shape index (κ3) is 3.47. The van der Waals surface area contributed by atoms with Gasteiger partial charge in [0, 0.05) is 13.5 Å². The molecule has 1 atom stereocenters. The molecule has 31 heavy (non-hydrogen) atoms. The molecule has 2 aliphatic heterocycles. The highest BCUT2D eigenvalue weighted by Crippen LogP contribution is 2.42. The Bertz CT molecular complexity index is 1010. The number of benzene rings is 1. The molecule has 7 nitrogen and oxygen atoms in total. The van der Waals surface area contributed by atoms with E-state index in [4.69, 9.17) is 21.3 Å². The quantitative estimate of drug-likeness (QED) is 0.632. The summed E-state index contributed by atoms with van der Waals surface area (Å²) in [4.78, 5) is 12.0. The summed E-state index contributed by atoms with van der Waals surface area (Å²) in [5, 5.41) is 13.3. The second-order valence-electron chi connectivity index (χ2n) is 8.55. The molecule has 2 aromatic rings. The van der Waals surface area contributed by atoms with Crippen molar-refractivity contribution in [3.8, 4) is 0 Å². The van der Waals surface area contributed by atoms with Gasteiger partial charge >= 0.3 is 0 Å². The van der Waals surface area contributed by atoms with Gasteiger partial charge in [0.25, 0.3) is 0 Å². The number of rotatable bonds is 6. The minimum Gasteiger partial charge on any atom is -0.611 e. The van der Waals surface area contributed by atoms with Crippen LogP contribution in [0.25, 0.3) is 0 Å². The molecule has 166 valence electrons. The van der Waals surface area contributed by atoms with Gasteiger partial charge in [-0.25, -0.2) is 9.37 Å². The predicted octanol–water partition coefficient (Wildman–Crippen LogP) is 2.62. The lowest BCUT2D eigenvalue weighted by Gasteiger charge is -2.49. The zero-order valence-electron chi connectivity index (χ0n) is 17.2. The molecule has 1 aliphatic carbocycles. The van der Waals surface area contributed by atoms with Gasteiger partial charge in [0.1, 0.15) is 22.9 Å². The summed E-state index contributed by atoms with van der Waals surface area (Å²) in [6.45, 7) is 0.917. The van der Waals surface area contributed by atoms with Crippen molar-refractivity contribution in [3.05, 3.63) is 40.3 Å². The summed E-state index contributed by atoms with van der Waals surface area (Å²) in [5.74, 6) is 1.12. The highest BCUT2D eigenvalue weighted by atomic mass is 35.5. The number of anilines is 2. The summed E-state index contributed by atoms with van der Waals surface area (Å²) in [5.41, 5.74) is 0.413. The molecule has 3 heterocycles. The molecule has 0 unspecified atom stereocenters. The summed E-state index contributed by atoms with van der Waals surface area (Å²) in [6.07, 6.45) is 3.37. The maximum absolute atomic E-state index is 14.0. The van der Waals surface area contributed by atoms with Gasteiger partial charge in [-0.1, -0.05) is 17.7 Å². The van der Waals surface area contributed by atoms with E-state index in [0.717, 1.165) is 25.0 Å². The van der Waals surface area contributed by atoms with Gasteiger partial charge in [-0.05, 0) is 48.1 Å². The first-order chi connectivity index (χ1) is 14.9. The first-order valence-electron chi connectivity index (χ1n) is 10.3. The fourth-order valence-electron chi connectivity index (χ4n) is 4.51. The standard InChI is InChI=1S/C21H24ClFN4O3S/c1-30-21(13-3-4-14(22)15(23)9-13)10-27(11-21)19-24-16-5-8-31(29)17(16)18(25-19)26-20(12-28)6-2-7-20/h3-4,9,28H,2,5-8,10-12H2,1H3,(H,24,25,26)/t31-/m1/s1. The Labute approximate surface area is 188 Å². The van der Waals surface area contributed by atoms with E-state index in [1.807, 2.05) is 4.90 Å². The minimum absolute atomic E-state index is 0.00632. The van der Waals surface area contributed by atoms with Crippen LogP contribution in [0.5, 0.6) is 0 Å². The SMILES string of the molecule is COC1(c2ccc(Cl)c(F)c2)CN(c2nc3c(c(NC4(CO)CCC4)n2)[S@+]([O-])CC3)C1. The van der Waals surface area contributed by atoms with Gasteiger partial charge in [0.05, 0.1) is 30.3 Å². The summed E-state index contributed by atoms with van der Waals surface area (Å²) in [7, 11) is 1.60. The lowest BCUT2D eigenvalue weighted by atomic mass is 9.77. The zero-order chi connectivity index (χ0) is 21.8. The number of fused-ring (bicyclic) bond motifs is 1. The average molecular weight is 467 g/mol. The largest absolute Gasteiger partial charge is 0.611 e. The highest BCUT2D eigenvalue weighted by Gasteiger charge is 2.48. The topological polar surface area (TPSA) is 93.6 Å². The summed E-state index contributed by atoms with van der Waals surface area (Å²) in [6, 6.07) is 4.71. The van der Waals surface area contributed by atoms with E-state index < -0.39 is 28.1 Å². The lowest BCUT2D eigenvalue weighted by molar-refractivity contribution is -0.0392. The van der Waals surface area contributed by atoms with Crippen LogP contribution in [-0.2, 0) is 27.9 Å². The number of nitrogens with one attached hydrogen (secondary N) is 1. The molecule has 0 radical (unpaired) electrons. The molecule has 1 saturated carbocycles. The monoisotopic (exact) mass is 466 g/mol. The molecular weight excluding hydrogens is 443 g/mol. The molecule has 1 aromatic carbocycles. The first-order valence-corrected chi connectivity index (χ1v) is 12.0. The molecule has 5 rings (SSSR count). The van der Waals surface area contributed by atoms with Crippen LogP contribution in [0, 0.1) is 5.82 Å². The number of hydrogen-bond donors (Lipinski definition) is 2. The summed E-state index contributed by atoms with van der Waals surface area (Å²) < 4.78 is 32.4. The zero-order valence-corrected chi connectivity index (χ0v) is 18.7. The van der Waals surface area contributed by atoms with Gasteiger partial charge in [0.15, 0.2) is 5.82 Å². The lowest BCUT2D eigenvalue weighted by Crippen LogP contribution is -2.61. The van der Waals surface area contributed by atoms with Crippen molar-refractivity contribution in [1.29, 1.82) is 0 Å². The number of hydrogen-bond acceptors (Lipinski definition) is 7. The van der Waals surface area contributed by atoms with Crippen molar-refractivity contribution >= 4 is 34.5 Å². The second-order valence-corrected chi connectivity index (χ2v) is 10.5. The van der Waals surface area contributed by atoms with E-state index in [9.17, 15) is 14.0 Å². The second kappa shape index (κ2) is 7.74. The number of halogens is 2. The number of aliphatic hydroxyl groups excluding tert-OH is 1. The van der Waals surface area contributed by atoms with Gasteiger partial charge in [-0.15, -0.1) is 0 Å². The van der Waals surface area contributed by atoms with Crippen LogP contribution in [0.2, 0.25) is 5.02 Å². The smallest absolute Gasteiger partial charge is 0.228 e. The van der Waals surface area contributed by atoms with Gasteiger partial charge in [-0.2, -0.15) is 4.98 Å². The Hall–Kier alpha value is -1.65. The number of methoxy groups -OCH3 is 1. The number of aliphatic hydroxyl groups is 1. The molecule has 1 aromatic heterocycles. The van der Waals surface area contributed by atoms with Gasteiger partial charge in [0.2, 0.25) is 10.8 Å². The number of aromatic nitrogens is 2. The maximum atomic E-state index is 14.0. The number of aryl methyl sites for hydroxylation is 1. The Kier molecular flexibility index (Phi) is 5.29. The van der Waals surface area contributed by atoms with Crippen LogP contribution in [-0.4, -0.2) is 57.7 Å². The van der Waals surface area contributed by atoms with Crippen molar-refractivity contribution < 1.29 is 18.8 Å². The maximum Gasteiger partial charge on any atom is 0.228 e. The molecule has 10 heteroatoms. The van der Waals surface area contributed by atoms with Crippen LogP contribution in [0.4, 0.5) is 16.2 Å². The van der Waals surface area contributed by atoms with Crippen molar-refractivity contribution in [2.45, 2.75) is 41.7 Å². The van der Waals surface area contributed by atoms with Crippen LogP contribution >= 0.6 is 11.6 Å². The van der Waals surface area contributed by atoms with Gasteiger partial charge in [-0.3, -0.25) is 0 Å². The normalized spacial score (nSPS) is 23.1. The van der Waals surface area contributed by atoms with E-state index in [-0.39, 0.29) is 11.6 Å². The van der Waals surface area contributed by atoms with Crippen LogP contribution in [0.15, 0.2) is 23.1 Å². The molecule has 3 aliphatic rings. The Morgan fingerprint density at radius 3 is 2.74 bits per heavy atom. The fourth-order valence-corrected chi connectivity index (χ4v) is 5.93. The van der Waals surface area contributed by atoms with Crippen LogP contribution < -0.4 is 10.2 Å². The van der Waals surface area contributed by atoms with Crippen molar-refractivity contribution in [2.75, 3.05) is 42.8 Å². The molecule has 2 fully saturated rings. The highest BCUT2D eigenvalue weighted by molar-refractivity contribution is 7.91. The van der Waals surface area contributed by atoms with E-state index in [0.29, 0.717) is 47.5 Å². The molecular formula is C21H24ClFN4O3S. The van der Waals surface area contributed by atoms with Crippen molar-refractivity contribution in [1.82, 2.24) is 9.97 Å². The van der Waals surface area contributed by atoms with Crippen LogP contribution in [0.1, 0.15) is 30.5 Å². The third-order valence-electron chi connectivity index (χ3n) is 6.68. The number of ether oxygens (including phenoxy) is 1. The van der Waals surface area contributed by atoms with Gasteiger partial charge < -0.3 is 24.6 Å². The average Bonchev–Trinajstić information content (AvgIpc) is 3.08. The van der Waals surface area contributed by atoms with Crippen molar-refractivity contribution in [3.63, 3.8) is 0 Å². The molecule has 1 saturated heterocycles. The third-order valence-corrected chi connectivity index (χ3v) is 8.45. The molecule has 0 bridgehead atoms. The fraction of sp³-hybridized carbons (Fsp3) is 0.524. The summed E-state index contributed by atoms with van der Waals surface area (Å²) >= 11 is 4.68. The molecule has 0 amide bonds. The first kappa shape index (κ1) is 21.2. The molecule has 0 spiro atoms. The van der Waals surface area contributed by atoms with Crippen LogP contribution in [0.3, 0.4) is 0 Å². The predicted molar refractivity (Wildman–Crippen MR) is 117 cm³/mol. The minimum atomic E-state index is -1.15. The van der Waals surface area contributed by atoms with E-state index in [1.54, 1.807) is 13.2 Å². The van der Waals surface area contributed by atoms with E-state index >= 15 is 0 Å². The van der Waals surface area contributed by atoms with Crippen molar-refractivity contribution in [2.24, 2.45) is 0 Å². The Morgan fingerprint density at radius 2 is 2.13 bits per heavy atom. The Morgan fingerprint density at radius 1 is 1.35 bits per heavy atom. The Balaban J connectivity index is 1.43. The number of nitrogens with zero attached hydrogens (tertiary/aromatic N) is 3. The molecule has 2 N–H and O–H groups in total. The van der Waals surface area contributed by atoms with E-state index in [1.165, 1.54) is 12.1 Å².